The number of sulfonamides is 1. The minimum absolute atomic E-state index is 0.00509. The number of carbonyl (C=O) groups excluding carboxylic acids is 2. The number of nitrogens with zero attached hydrogens (tertiary/aromatic N) is 1. The lowest BCUT2D eigenvalue weighted by atomic mass is 9.80. The smallest absolute Gasteiger partial charge is 0.407 e. The third-order valence-corrected chi connectivity index (χ3v) is 12.4. The van der Waals surface area contributed by atoms with Crippen LogP contribution in [-0.4, -0.2) is 87.3 Å². The van der Waals surface area contributed by atoms with Gasteiger partial charge in [0.15, 0.2) is 6.29 Å². The first-order chi connectivity index (χ1) is 23.1. The van der Waals surface area contributed by atoms with Crippen molar-refractivity contribution in [3.05, 3.63) is 65.2 Å². The van der Waals surface area contributed by atoms with Crippen LogP contribution in [0, 0.1) is 17.3 Å². The Bertz CT molecular complexity index is 1560. The zero-order valence-electron chi connectivity index (χ0n) is 27.4. The molecule has 2 amide bonds. The lowest BCUT2D eigenvalue weighted by molar-refractivity contribution is -0.170. The predicted octanol–water partition coefficient (Wildman–Crippen LogP) is 3.35. The van der Waals surface area contributed by atoms with Crippen LogP contribution in [0.25, 0.3) is 0 Å². The minimum Gasteiger partial charge on any atom is -0.445 e. The van der Waals surface area contributed by atoms with E-state index in [1.165, 1.54) is 22.5 Å². The summed E-state index contributed by atoms with van der Waals surface area (Å²) in [6.45, 7) is 3.32. The molecule has 2 bridgehead atoms. The topological polar surface area (TPSA) is 167 Å². The first-order valence-electron chi connectivity index (χ1n) is 17.0. The molecule has 3 fully saturated rings. The van der Waals surface area contributed by atoms with Gasteiger partial charge in [-0.05, 0) is 55.0 Å². The van der Waals surface area contributed by atoms with E-state index < -0.39 is 40.3 Å². The summed E-state index contributed by atoms with van der Waals surface area (Å²) in [5.74, 6) is -0.468. The first-order valence-corrected chi connectivity index (χ1v) is 18.4. The van der Waals surface area contributed by atoms with Gasteiger partial charge < -0.3 is 35.1 Å². The van der Waals surface area contributed by atoms with Crippen molar-refractivity contribution in [1.29, 1.82) is 0 Å². The predicted molar refractivity (Wildman–Crippen MR) is 175 cm³/mol. The van der Waals surface area contributed by atoms with Crippen LogP contribution in [0.2, 0.25) is 0 Å². The van der Waals surface area contributed by atoms with Gasteiger partial charge in [0.1, 0.15) is 6.10 Å². The lowest BCUT2D eigenvalue weighted by Crippen LogP contribution is -2.52. The van der Waals surface area contributed by atoms with Crippen LogP contribution >= 0.6 is 0 Å². The Morgan fingerprint density at radius 1 is 1.10 bits per heavy atom. The highest BCUT2D eigenvalue weighted by molar-refractivity contribution is 7.89. The van der Waals surface area contributed by atoms with Gasteiger partial charge in [0, 0.05) is 42.5 Å². The van der Waals surface area contributed by atoms with Crippen molar-refractivity contribution in [3.8, 4) is 0 Å². The number of hydrogen-bond donors (Lipinski definition) is 3. The molecule has 3 aliphatic heterocycles. The van der Waals surface area contributed by atoms with Crippen molar-refractivity contribution in [3.63, 3.8) is 0 Å². The standard InChI is InChI=1S/C35H47N3O9S/c1-35-22-46-33-27(35)18-26(21-45-33)31(35)47-34(41)37-28(16-23-10-6-5-7-11-23)29(39)19-38-14-8-3-2-4-9-15-44-20-25-17-24(32(36)40)12-13-30(25)48(38,42)43/h5-7,10-13,17,26-29,31,33,39H,2-4,8-9,14-16,18-22H2,1H3,(H2,36,40)(H,37,41)/t26?,27?,28-,29+,31-,33-,35?/m0/s1. The summed E-state index contributed by atoms with van der Waals surface area (Å²) >= 11 is 0. The number of rotatable bonds is 8. The fourth-order valence-corrected chi connectivity index (χ4v) is 9.45. The molecular formula is C35H47N3O9S. The van der Waals surface area contributed by atoms with E-state index in [-0.39, 0.29) is 60.1 Å². The molecule has 2 aromatic carbocycles. The largest absolute Gasteiger partial charge is 0.445 e. The number of nitrogens with one attached hydrogen (secondary N) is 1. The van der Waals surface area contributed by atoms with Crippen LogP contribution in [0.1, 0.15) is 66.9 Å². The van der Waals surface area contributed by atoms with Gasteiger partial charge in [-0.2, -0.15) is 4.31 Å². The van der Waals surface area contributed by atoms with Crippen molar-refractivity contribution in [2.75, 3.05) is 32.9 Å². The zero-order valence-corrected chi connectivity index (χ0v) is 28.2. The second-order valence-electron chi connectivity index (χ2n) is 13.8. The second-order valence-corrected chi connectivity index (χ2v) is 15.7. The van der Waals surface area contributed by atoms with Crippen molar-refractivity contribution < 1.29 is 42.1 Å². The Kier molecular flexibility index (Phi) is 10.7. The molecule has 1 aliphatic carbocycles. The molecule has 0 spiro atoms. The number of β-amino-alcohol motifs (C(OH)–C–C–N with tert-alkyl or cyclic N) is 1. The molecule has 7 atom stereocenters. The minimum atomic E-state index is -4.17. The van der Waals surface area contributed by atoms with Crippen molar-refractivity contribution in [2.45, 2.75) is 87.9 Å². The molecule has 12 nitrogen and oxygen atoms in total. The van der Waals surface area contributed by atoms with Crippen LogP contribution in [0.4, 0.5) is 4.79 Å². The van der Waals surface area contributed by atoms with E-state index >= 15 is 0 Å². The van der Waals surface area contributed by atoms with Crippen LogP contribution < -0.4 is 11.1 Å². The highest BCUT2D eigenvalue weighted by atomic mass is 32.2. The maximum atomic E-state index is 14.3. The molecule has 2 aromatic rings. The average Bonchev–Trinajstić information content (AvgIpc) is 3.51. The van der Waals surface area contributed by atoms with E-state index in [9.17, 15) is 23.1 Å². The maximum absolute atomic E-state index is 14.3. The molecule has 4 aliphatic rings. The van der Waals surface area contributed by atoms with Gasteiger partial charge in [-0.1, -0.05) is 56.5 Å². The highest BCUT2D eigenvalue weighted by Gasteiger charge is 2.63. The number of hydrogen-bond acceptors (Lipinski definition) is 9. The van der Waals surface area contributed by atoms with Gasteiger partial charge in [-0.25, -0.2) is 13.2 Å². The number of fused-ring (bicyclic) bond motifs is 2. The van der Waals surface area contributed by atoms with E-state index in [2.05, 4.69) is 12.2 Å². The number of alkyl carbamates (subject to hydrolysis) is 1. The van der Waals surface area contributed by atoms with E-state index in [4.69, 9.17) is 24.7 Å². The highest BCUT2D eigenvalue weighted by Crippen LogP contribution is 2.57. The number of ether oxygens (including phenoxy) is 4. The number of aliphatic hydroxyl groups excluding tert-OH is 1. The van der Waals surface area contributed by atoms with Gasteiger partial charge >= 0.3 is 6.09 Å². The summed E-state index contributed by atoms with van der Waals surface area (Å²) in [5, 5.41) is 14.7. The third-order valence-electron chi connectivity index (χ3n) is 10.5. The molecule has 1 saturated carbocycles. The molecule has 13 heteroatoms. The summed E-state index contributed by atoms with van der Waals surface area (Å²) in [6, 6.07) is 12.8. The molecule has 4 N–H and O–H groups in total. The van der Waals surface area contributed by atoms with E-state index in [1.54, 1.807) is 0 Å². The van der Waals surface area contributed by atoms with E-state index in [1.807, 2.05) is 30.3 Å². The maximum Gasteiger partial charge on any atom is 0.407 e. The lowest BCUT2D eigenvalue weighted by Gasteiger charge is -2.33. The van der Waals surface area contributed by atoms with Crippen LogP contribution in [0.3, 0.4) is 0 Å². The fourth-order valence-electron chi connectivity index (χ4n) is 7.76. The van der Waals surface area contributed by atoms with Crippen LogP contribution in [0.5, 0.6) is 0 Å². The quantitative estimate of drug-likeness (QED) is 0.378. The first kappa shape index (κ1) is 34.8. The van der Waals surface area contributed by atoms with Gasteiger partial charge in [-0.15, -0.1) is 0 Å². The Hall–Kier alpha value is -3.07. The number of carbonyl (C=O) groups is 2. The molecule has 48 heavy (non-hydrogen) atoms. The number of primary amides is 1. The van der Waals surface area contributed by atoms with Crippen LogP contribution in [0.15, 0.2) is 53.4 Å². The molecule has 6 rings (SSSR count). The Labute approximate surface area is 282 Å². The number of aliphatic hydroxyl groups is 1. The monoisotopic (exact) mass is 685 g/mol. The van der Waals surface area contributed by atoms with Gasteiger partial charge in [-0.3, -0.25) is 4.79 Å². The Morgan fingerprint density at radius 2 is 1.88 bits per heavy atom. The fraction of sp³-hybridized carbons (Fsp3) is 0.600. The van der Waals surface area contributed by atoms with Crippen LogP contribution in [-0.2, 0) is 42.0 Å². The summed E-state index contributed by atoms with van der Waals surface area (Å²) in [5.41, 5.74) is 6.51. The number of amides is 2. The van der Waals surface area contributed by atoms with Crippen molar-refractivity contribution in [2.24, 2.45) is 23.0 Å². The van der Waals surface area contributed by atoms with E-state index in [0.717, 1.165) is 37.7 Å². The average molecular weight is 686 g/mol. The molecule has 3 unspecified atom stereocenters. The molecule has 2 saturated heterocycles. The van der Waals surface area contributed by atoms with Gasteiger partial charge in [0.2, 0.25) is 15.9 Å². The molecular weight excluding hydrogens is 638 g/mol. The SMILES string of the molecule is CC12CO[C@@H]3OCC(CC31)[C@@H]2OC(=O)N[C@@H](Cc1ccccc1)[C@H](O)CN1CCCCCCCOCc2cc(C(N)=O)ccc2S1(=O)=O. The van der Waals surface area contributed by atoms with Gasteiger partial charge in [0.05, 0.1) is 36.9 Å². The van der Waals surface area contributed by atoms with E-state index in [0.29, 0.717) is 31.8 Å². The van der Waals surface area contributed by atoms with Crippen molar-refractivity contribution >= 4 is 22.0 Å². The molecule has 262 valence electrons. The molecule has 0 aromatic heterocycles. The second kappa shape index (κ2) is 14.8. The van der Waals surface area contributed by atoms with Crippen molar-refractivity contribution in [1.82, 2.24) is 9.62 Å². The number of benzene rings is 2. The normalized spacial score (nSPS) is 30.1. The van der Waals surface area contributed by atoms with Gasteiger partial charge in [0.25, 0.3) is 0 Å². The summed E-state index contributed by atoms with van der Waals surface area (Å²) < 4.78 is 53.5. The third kappa shape index (κ3) is 7.41. The Morgan fingerprint density at radius 3 is 2.67 bits per heavy atom. The summed E-state index contributed by atoms with van der Waals surface area (Å²) in [7, 11) is -4.17. The molecule has 3 heterocycles. The zero-order chi connectivity index (χ0) is 33.9. The molecule has 0 radical (unpaired) electrons. The Balaban J connectivity index is 1.24. The summed E-state index contributed by atoms with van der Waals surface area (Å²) in [4.78, 5) is 25.5. The number of nitrogens with two attached hydrogens (primary N) is 1. The summed E-state index contributed by atoms with van der Waals surface area (Å²) in [6.07, 6.45) is 2.56.